The number of piperazine rings is 1. The standard InChI is InChI=1S/C22H23N5O2S2/c28-20(7-3-6-19-24-17-4-1-2-5-18(17)31-19)26-10-8-25(9-11-26)15-16-14-21(29)27-12-13-30-22(27)23-16/h1-2,4-5,12-14H,3,6-11,15H2. The van der Waals surface area contributed by atoms with Gasteiger partial charge in [0, 0.05) is 56.8 Å². The zero-order valence-corrected chi connectivity index (χ0v) is 18.7. The number of para-hydroxylation sites is 1. The van der Waals surface area contributed by atoms with Crippen molar-refractivity contribution in [3.8, 4) is 0 Å². The van der Waals surface area contributed by atoms with Crippen LogP contribution in [0, 0.1) is 0 Å². The van der Waals surface area contributed by atoms with Gasteiger partial charge in [-0.2, -0.15) is 0 Å². The van der Waals surface area contributed by atoms with Crippen LogP contribution < -0.4 is 5.56 Å². The molecule has 1 fully saturated rings. The number of benzene rings is 1. The highest BCUT2D eigenvalue weighted by molar-refractivity contribution is 7.18. The van der Waals surface area contributed by atoms with Crippen LogP contribution >= 0.6 is 22.7 Å². The Morgan fingerprint density at radius 2 is 1.94 bits per heavy atom. The molecule has 1 aliphatic rings. The molecule has 160 valence electrons. The minimum absolute atomic E-state index is 0.0387. The second-order valence-electron chi connectivity index (χ2n) is 7.73. The maximum absolute atomic E-state index is 12.6. The number of amides is 1. The van der Waals surface area contributed by atoms with Gasteiger partial charge >= 0.3 is 0 Å². The number of aryl methyl sites for hydroxylation is 1. The Balaban J connectivity index is 1.09. The van der Waals surface area contributed by atoms with Crippen LogP contribution in [0.4, 0.5) is 0 Å². The van der Waals surface area contributed by atoms with E-state index in [1.807, 2.05) is 28.5 Å². The highest BCUT2D eigenvalue weighted by atomic mass is 32.1. The Morgan fingerprint density at radius 3 is 2.77 bits per heavy atom. The molecule has 5 rings (SSSR count). The molecule has 1 amide bonds. The van der Waals surface area contributed by atoms with E-state index in [-0.39, 0.29) is 11.5 Å². The van der Waals surface area contributed by atoms with Crippen LogP contribution in [-0.4, -0.2) is 56.3 Å². The first-order valence-corrected chi connectivity index (χ1v) is 12.2. The van der Waals surface area contributed by atoms with Crippen LogP contribution in [0.15, 0.2) is 46.7 Å². The van der Waals surface area contributed by atoms with E-state index < -0.39 is 0 Å². The van der Waals surface area contributed by atoms with Crippen molar-refractivity contribution in [2.45, 2.75) is 25.8 Å². The SMILES string of the molecule is O=C(CCCc1nc2ccccc2s1)N1CCN(Cc2cc(=O)n3ccsc3n2)CC1. The number of carbonyl (C=O) groups is 1. The van der Waals surface area contributed by atoms with Crippen molar-refractivity contribution in [3.05, 3.63) is 63.0 Å². The Morgan fingerprint density at radius 1 is 1.10 bits per heavy atom. The zero-order chi connectivity index (χ0) is 21.2. The zero-order valence-electron chi connectivity index (χ0n) is 17.1. The number of rotatable bonds is 6. The van der Waals surface area contributed by atoms with Gasteiger partial charge in [0.05, 0.1) is 20.9 Å². The Kier molecular flexibility index (Phi) is 5.80. The smallest absolute Gasteiger partial charge is 0.258 e. The molecule has 0 bridgehead atoms. The summed E-state index contributed by atoms with van der Waals surface area (Å²) in [6, 6.07) is 9.77. The monoisotopic (exact) mass is 453 g/mol. The maximum atomic E-state index is 12.6. The van der Waals surface area contributed by atoms with E-state index in [1.165, 1.54) is 16.0 Å². The summed E-state index contributed by atoms with van der Waals surface area (Å²) in [5.74, 6) is 0.220. The summed E-state index contributed by atoms with van der Waals surface area (Å²) in [4.78, 5) is 39.0. The average Bonchev–Trinajstić information content (AvgIpc) is 3.41. The summed E-state index contributed by atoms with van der Waals surface area (Å²) in [5.41, 5.74) is 1.80. The number of hydrogen-bond donors (Lipinski definition) is 0. The fourth-order valence-corrected chi connectivity index (χ4v) is 5.68. The molecule has 0 saturated carbocycles. The molecule has 1 aromatic carbocycles. The Bertz CT molecular complexity index is 1240. The number of carbonyl (C=O) groups excluding carboxylic acids is 1. The minimum Gasteiger partial charge on any atom is -0.340 e. The van der Waals surface area contributed by atoms with Crippen molar-refractivity contribution < 1.29 is 4.79 Å². The third-order valence-electron chi connectivity index (χ3n) is 5.59. The summed E-state index contributed by atoms with van der Waals surface area (Å²) in [6.07, 6.45) is 3.98. The van der Waals surface area contributed by atoms with E-state index in [2.05, 4.69) is 20.9 Å². The van der Waals surface area contributed by atoms with Crippen molar-refractivity contribution >= 4 is 43.8 Å². The van der Waals surface area contributed by atoms with Gasteiger partial charge in [0.1, 0.15) is 0 Å². The van der Waals surface area contributed by atoms with Crippen LogP contribution in [0.2, 0.25) is 0 Å². The molecule has 9 heteroatoms. The van der Waals surface area contributed by atoms with E-state index in [0.717, 1.165) is 60.2 Å². The normalized spacial score (nSPS) is 15.2. The fraction of sp³-hybridized carbons (Fsp3) is 0.364. The number of hydrogen-bond acceptors (Lipinski definition) is 7. The van der Waals surface area contributed by atoms with E-state index in [4.69, 9.17) is 0 Å². The van der Waals surface area contributed by atoms with Gasteiger partial charge in [-0.05, 0) is 25.0 Å². The lowest BCUT2D eigenvalue weighted by atomic mass is 10.2. The lowest BCUT2D eigenvalue weighted by Gasteiger charge is -2.34. The van der Waals surface area contributed by atoms with Gasteiger partial charge in [-0.15, -0.1) is 22.7 Å². The molecule has 3 aromatic heterocycles. The van der Waals surface area contributed by atoms with Gasteiger partial charge < -0.3 is 4.90 Å². The van der Waals surface area contributed by atoms with Crippen LogP contribution in [0.3, 0.4) is 0 Å². The van der Waals surface area contributed by atoms with Crippen molar-refractivity contribution in [2.24, 2.45) is 0 Å². The van der Waals surface area contributed by atoms with Crippen molar-refractivity contribution in [1.29, 1.82) is 0 Å². The molecule has 1 aliphatic heterocycles. The number of nitrogens with zero attached hydrogens (tertiary/aromatic N) is 5. The van der Waals surface area contributed by atoms with Crippen LogP contribution in [0.25, 0.3) is 15.2 Å². The van der Waals surface area contributed by atoms with Crippen LogP contribution in [0.5, 0.6) is 0 Å². The lowest BCUT2D eigenvalue weighted by molar-refractivity contribution is -0.133. The number of thiazole rings is 2. The van der Waals surface area contributed by atoms with E-state index >= 15 is 0 Å². The highest BCUT2D eigenvalue weighted by Gasteiger charge is 2.21. The van der Waals surface area contributed by atoms with Gasteiger partial charge in [0.2, 0.25) is 5.91 Å². The quantitative estimate of drug-likeness (QED) is 0.449. The Hall–Kier alpha value is -2.62. The molecular weight excluding hydrogens is 430 g/mol. The minimum atomic E-state index is -0.0387. The van der Waals surface area contributed by atoms with Gasteiger partial charge in [0.25, 0.3) is 5.56 Å². The second-order valence-corrected chi connectivity index (χ2v) is 9.72. The first-order valence-electron chi connectivity index (χ1n) is 10.5. The van der Waals surface area contributed by atoms with E-state index in [1.54, 1.807) is 28.0 Å². The molecule has 7 nitrogen and oxygen atoms in total. The summed E-state index contributed by atoms with van der Waals surface area (Å²) in [6.45, 7) is 3.69. The topological polar surface area (TPSA) is 70.8 Å². The fourth-order valence-electron chi connectivity index (χ4n) is 3.93. The summed E-state index contributed by atoms with van der Waals surface area (Å²) < 4.78 is 2.77. The first-order chi connectivity index (χ1) is 15.2. The second kappa shape index (κ2) is 8.86. The van der Waals surface area contributed by atoms with Gasteiger partial charge in [0.15, 0.2) is 4.96 Å². The van der Waals surface area contributed by atoms with Gasteiger partial charge in [-0.25, -0.2) is 9.97 Å². The summed E-state index contributed by atoms with van der Waals surface area (Å²) in [7, 11) is 0. The van der Waals surface area contributed by atoms with Crippen LogP contribution in [-0.2, 0) is 17.8 Å². The van der Waals surface area contributed by atoms with Gasteiger partial charge in [-0.1, -0.05) is 12.1 Å². The van der Waals surface area contributed by atoms with Crippen molar-refractivity contribution in [2.75, 3.05) is 26.2 Å². The molecule has 0 radical (unpaired) electrons. The molecule has 4 aromatic rings. The van der Waals surface area contributed by atoms with Crippen LogP contribution in [0.1, 0.15) is 23.5 Å². The maximum Gasteiger partial charge on any atom is 0.258 e. The molecule has 0 aliphatic carbocycles. The van der Waals surface area contributed by atoms with Crippen molar-refractivity contribution in [1.82, 2.24) is 24.2 Å². The number of aromatic nitrogens is 3. The first kappa shape index (κ1) is 20.3. The Labute approximate surface area is 187 Å². The molecule has 0 atom stereocenters. The average molecular weight is 454 g/mol. The third-order valence-corrected chi connectivity index (χ3v) is 7.44. The molecular formula is C22H23N5O2S2. The highest BCUT2D eigenvalue weighted by Crippen LogP contribution is 2.23. The van der Waals surface area contributed by atoms with E-state index in [9.17, 15) is 9.59 Å². The predicted octanol–water partition coefficient (Wildman–Crippen LogP) is 3.03. The molecule has 0 spiro atoms. The molecule has 0 N–H and O–H groups in total. The molecule has 31 heavy (non-hydrogen) atoms. The third kappa shape index (κ3) is 4.53. The summed E-state index contributed by atoms with van der Waals surface area (Å²) >= 11 is 3.18. The largest absolute Gasteiger partial charge is 0.340 e. The van der Waals surface area contributed by atoms with Gasteiger partial charge in [-0.3, -0.25) is 18.9 Å². The number of fused-ring (bicyclic) bond motifs is 2. The van der Waals surface area contributed by atoms with E-state index in [0.29, 0.717) is 13.0 Å². The predicted molar refractivity (Wildman–Crippen MR) is 124 cm³/mol. The lowest BCUT2D eigenvalue weighted by Crippen LogP contribution is -2.48. The molecule has 4 heterocycles. The molecule has 0 unspecified atom stereocenters. The van der Waals surface area contributed by atoms with Crippen molar-refractivity contribution in [3.63, 3.8) is 0 Å². The summed E-state index contributed by atoms with van der Waals surface area (Å²) in [5, 5.41) is 2.97. The molecule has 1 saturated heterocycles.